The number of amides is 1. The zero-order valence-electron chi connectivity index (χ0n) is 14.0. The summed E-state index contributed by atoms with van der Waals surface area (Å²) in [5, 5.41) is 4.63. The fourth-order valence-electron chi connectivity index (χ4n) is 2.57. The third-order valence-electron chi connectivity index (χ3n) is 4.01. The van der Waals surface area contributed by atoms with E-state index in [1.807, 2.05) is 53.9 Å². The van der Waals surface area contributed by atoms with Gasteiger partial charge in [-0.1, -0.05) is 31.5 Å². The second-order valence-electron chi connectivity index (χ2n) is 5.75. The molecule has 0 spiro atoms. The highest BCUT2D eigenvalue weighted by molar-refractivity contribution is 5.75. The van der Waals surface area contributed by atoms with Crippen molar-refractivity contribution in [2.24, 2.45) is 0 Å². The Morgan fingerprint density at radius 3 is 2.55 bits per heavy atom. The molecule has 0 unspecified atom stereocenters. The SMILES string of the molecule is CCCCC(=O)N(C)Cc1c(C)nn(-c2ccccc2)c1C. The Labute approximate surface area is 132 Å². The molecular formula is C18H25N3O. The van der Waals surface area contributed by atoms with Gasteiger partial charge in [-0.25, -0.2) is 4.68 Å². The number of hydrogen-bond acceptors (Lipinski definition) is 2. The predicted molar refractivity (Wildman–Crippen MR) is 89.0 cm³/mol. The molecule has 2 aromatic rings. The number of aryl methyl sites for hydroxylation is 1. The first-order valence-corrected chi connectivity index (χ1v) is 7.89. The summed E-state index contributed by atoms with van der Waals surface area (Å²) in [5.41, 5.74) is 4.26. The molecule has 4 heteroatoms. The van der Waals surface area contributed by atoms with E-state index in [-0.39, 0.29) is 5.91 Å². The van der Waals surface area contributed by atoms with Crippen LogP contribution in [0.4, 0.5) is 0 Å². The summed E-state index contributed by atoms with van der Waals surface area (Å²) in [4.78, 5) is 13.9. The number of nitrogens with zero attached hydrogens (tertiary/aromatic N) is 3. The molecule has 0 N–H and O–H groups in total. The van der Waals surface area contributed by atoms with E-state index in [0.717, 1.165) is 35.5 Å². The number of benzene rings is 1. The van der Waals surface area contributed by atoms with E-state index in [1.165, 1.54) is 0 Å². The van der Waals surface area contributed by atoms with Crippen molar-refractivity contribution >= 4 is 5.91 Å². The van der Waals surface area contributed by atoms with Crippen molar-refractivity contribution in [3.63, 3.8) is 0 Å². The minimum atomic E-state index is 0.202. The first kappa shape index (κ1) is 16.3. The molecule has 0 radical (unpaired) electrons. The molecule has 0 saturated heterocycles. The summed E-state index contributed by atoms with van der Waals surface area (Å²) in [6.07, 6.45) is 2.62. The first-order valence-electron chi connectivity index (χ1n) is 7.89. The van der Waals surface area contributed by atoms with Crippen molar-refractivity contribution < 1.29 is 4.79 Å². The highest BCUT2D eigenvalue weighted by Gasteiger charge is 2.16. The lowest BCUT2D eigenvalue weighted by Gasteiger charge is -2.17. The number of hydrogen-bond donors (Lipinski definition) is 0. The van der Waals surface area contributed by atoms with Crippen molar-refractivity contribution in [3.8, 4) is 5.69 Å². The molecule has 1 heterocycles. The van der Waals surface area contributed by atoms with Crippen LogP contribution >= 0.6 is 0 Å². The van der Waals surface area contributed by atoms with Gasteiger partial charge < -0.3 is 4.90 Å². The van der Waals surface area contributed by atoms with Gasteiger partial charge in [-0.3, -0.25) is 4.79 Å². The van der Waals surface area contributed by atoms with Gasteiger partial charge in [0, 0.05) is 31.3 Å². The van der Waals surface area contributed by atoms with E-state index >= 15 is 0 Å². The Bertz CT molecular complexity index is 631. The zero-order chi connectivity index (χ0) is 16.1. The average Bonchev–Trinajstić information content (AvgIpc) is 2.81. The quantitative estimate of drug-likeness (QED) is 0.817. The monoisotopic (exact) mass is 299 g/mol. The van der Waals surface area contributed by atoms with Gasteiger partial charge in [0.05, 0.1) is 11.4 Å². The third-order valence-corrected chi connectivity index (χ3v) is 4.01. The van der Waals surface area contributed by atoms with E-state index in [1.54, 1.807) is 0 Å². The normalized spacial score (nSPS) is 10.7. The minimum absolute atomic E-state index is 0.202. The first-order chi connectivity index (χ1) is 10.5. The van der Waals surface area contributed by atoms with Gasteiger partial charge in [0.15, 0.2) is 0 Å². The molecule has 0 aliphatic rings. The van der Waals surface area contributed by atoms with Crippen LogP contribution in [0.15, 0.2) is 30.3 Å². The maximum absolute atomic E-state index is 12.1. The molecule has 0 fully saturated rings. The van der Waals surface area contributed by atoms with Crippen LogP contribution < -0.4 is 0 Å². The molecule has 0 saturated carbocycles. The maximum atomic E-state index is 12.1. The van der Waals surface area contributed by atoms with Crippen LogP contribution in [0.1, 0.15) is 43.1 Å². The number of carbonyl (C=O) groups excluding carboxylic acids is 1. The van der Waals surface area contributed by atoms with Crippen molar-refractivity contribution in [3.05, 3.63) is 47.3 Å². The van der Waals surface area contributed by atoms with Gasteiger partial charge in [0.2, 0.25) is 5.91 Å². The molecular weight excluding hydrogens is 274 g/mol. The molecule has 22 heavy (non-hydrogen) atoms. The number of rotatable bonds is 6. The van der Waals surface area contributed by atoms with Crippen LogP contribution in [-0.2, 0) is 11.3 Å². The number of aromatic nitrogens is 2. The highest BCUT2D eigenvalue weighted by Crippen LogP contribution is 2.19. The van der Waals surface area contributed by atoms with Gasteiger partial charge in [-0.05, 0) is 32.4 Å². The van der Waals surface area contributed by atoms with Gasteiger partial charge in [-0.2, -0.15) is 5.10 Å². The van der Waals surface area contributed by atoms with E-state index in [4.69, 9.17) is 0 Å². The molecule has 0 atom stereocenters. The number of para-hydroxylation sites is 1. The Morgan fingerprint density at radius 1 is 1.23 bits per heavy atom. The molecule has 0 bridgehead atoms. The molecule has 0 aliphatic heterocycles. The van der Waals surface area contributed by atoms with Crippen LogP contribution in [0.25, 0.3) is 5.69 Å². The summed E-state index contributed by atoms with van der Waals surface area (Å²) in [7, 11) is 1.87. The Kier molecular flexibility index (Phi) is 5.36. The standard InChI is InChI=1S/C18H25N3O/c1-5-6-12-18(22)20(4)13-17-14(2)19-21(15(17)3)16-10-8-7-9-11-16/h7-11H,5-6,12-13H2,1-4H3. The minimum Gasteiger partial charge on any atom is -0.341 e. The summed E-state index contributed by atoms with van der Waals surface area (Å²) in [5.74, 6) is 0.202. The fourth-order valence-corrected chi connectivity index (χ4v) is 2.57. The molecule has 4 nitrogen and oxygen atoms in total. The van der Waals surface area contributed by atoms with E-state index in [0.29, 0.717) is 13.0 Å². The number of carbonyl (C=O) groups is 1. The largest absolute Gasteiger partial charge is 0.341 e. The van der Waals surface area contributed by atoms with E-state index in [9.17, 15) is 4.79 Å². The highest BCUT2D eigenvalue weighted by atomic mass is 16.2. The van der Waals surface area contributed by atoms with Crippen LogP contribution in [0.3, 0.4) is 0 Å². The molecule has 0 aliphatic carbocycles. The van der Waals surface area contributed by atoms with Crippen LogP contribution in [0, 0.1) is 13.8 Å². The van der Waals surface area contributed by atoms with E-state index in [2.05, 4.69) is 18.9 Å². The van der Waals surface area contributed by atoms with Crippen molar-refractivity contribution in [1.29, 1.82) is 0 Å². The Hall–Kier alpha value is -2.10. The predicted octanol–water partition coefficient (Wildman–Crippen LogP) is 3.64. The lowest BCUT2D eigenvalue weighted by molar-refractivity contribution is -0.130. The van der Waals surface area contributed by atoms with Crippen molar-refractivity contribution in [2.45, 2.75) is 46.6 Å². The van der Waals surface area contributed by atoms with Gasteiger partial charge >= 0.3 is 0 Å². The molecule has 1 aromatic carbocycles. The van der Waals surface area contributed by atoms with Crippen molar-refractivity contribution in [2.75, 3.05) is 7.05 Å². The fraction of sp³-hybridized carbons (Fsp3) is 0.444. The summed E-state index contributed by atoms with van der Waals surface area (Å²) < 4.78 is 1.95. The molecule has 1 amide bonds. The van der Waals surface area contributed by atoms with Crippen LogP contribution in [0.2, 0.25) is 0 Å². The average molecular weight is 299 g/mol. The lowest BCUT2D eigenvalue weighted by atomic mass is 10.1. The lowest BCUT2D eigenvalue weighted by Crippen LogP contribution is -2.26. The molecule has 2 rings (SSSR count). The second kappa shape index (κ2) is 7.25. The van der Waals surface area contributed by atoms with E-state index < -0.39 is 0 Å². The summed E-state index contributed by atoms with van der Waals surface area (Å²) in [6, 6.07) is 10.1. The van der Waals surface area contributed by atoms with Gasteiger partial charge in [0.1, 0.15) is 0 Å². The Morgan fingerprint density at radius 2 is 1.91 bits per heavy atom. The van der Waals surface area contributed by atoms with Crippen LogP contribution in [-0.4, -0.2) is 27.6 Å². The Balaban J connectivity index is 2.19. The van der Waals surface area contributed by atoms with Crippen LogP contribution in [0.5, 0.6) is 0 Å². The number of unbranched alkanes of at least 4 members (excludes halogenated alkanes) is 1. The maximum Gasteiger partial charge on any atom is 0.222 e. The second-order valence-corrected chi connectivity index (χ2v) is 5.75. The molecule has 118 valence electrons. The topological polar surface area (TPSA) is 38.1 Å². The summed E-state index contributed by atoms with van der Waals surface area (Å²) >= 11 is 0. The third kappa shape index (κ3) is 3.56. The zero-order valence-corrected chi connectivity index (χ0v) is 14.0. The van der Waals surface area contributed by atoms with Gasteiger partial charge in [-0.15, -0.1) is 0 Å². The smallest absolute Gasteiger partial charge is 0.222 e. The van der Waals surface area contributed by atoms with Crippen molar-refractivity contribution in [1.82, 2.24) is 14.7 Å². The van der Waals surface area contributed by atoms with Gasteiger partial charge in [0.25, 0.3) is 0 Å². The summed E-state index contributed by atoms with van der Waals surface area (Å²) in [6.45, 7) is 6.79. The molecule has 1 aromatic heterocycles.